The highest BCUT2D eigenvalue weighted by atomic mass is 32.2. The van der Waals surface area contributed by atoms with Crippen LogP contribution in [0.4, 0.5) is 0 Å². The number of carbonyl (C=O) groups excluding carboxylic acids is 1. The van der Waals surface area contributed by atoms with Gasteiger partial charge < -0.3 is 4.90 Å². The monoisotopic (exact) mass is 380 g/mol. The molecule has 5 nitrogen and oxygen atoms in total. The van der Waals surface area contributed by atoms with E-state index in [-0.39, 0.29) is 5.91 Å². The number of nitrogens with zero attached hydrogens (tertiary/aromatic N) is 3. The molecule has 0 aliphatic rings. The summed E-state index contributed by atoms with van der Waals surface area (Å²) in [6.45, 7) is 4.80. The van der Waals surface area contributed by atoms with Crippen LogP contribution in [0.15, 0.2) is 53.7 Å². The third-order valence-electron chi connectivity index (χ3n) is 4.52. The van der Waals surface area contributed by atoms with E-state index in [2.05, 4.69) is 53.3 Å². The predicted molar refractivity (Wildman–Crippen MR) is 110 cm³/mol. The number of aryl methyl sites for hydroxylation is 2. The van der Waals surface area contributed by atoms with Crippen molar-refractivity contribution in [2.24, 2.45) is 0 Å². The molecule has 3 aromatic rings. The highest BCUT2D eigenvalue weighted by molar-refractivity contribution is 7.99. The van der Waals surface area contributed by atoms with E-state index in [0.29, 0.717) is 17.5 Å². The van der Waals surface area contributed by atoms with Crippen LogP contribution in [0.1, 0.15) is 23.6 Å². The van der Waals surface area contributed by atoms with Crippen molar-refractivity contribution in [3.8, 4) is 11.4 Å². The SMILES string of the molecule is CCc1ccc(-c2nc(SCC(=O)N(C)Cc3ccccc3C)n[nH]2)cc1. The van der Waals surface area contributed by atoms with Gasteiger partial charge in [-0.25, -0.2) is 4.98 Å². The Morgan fingerprint density at radius 1 is 1.15 bits per heavy atom. The highest BCUT2D eigenvalue weighted by Gasteiger charge is 2.13. The maximum Gasteiger partial charge on any atom is 0.233 e. The molecule has 1 amide bonds. The molecule has 140 valence electrons. The first-order valence-corrected chi connectivity index (χ1v) is 9.98. The maximum atomic E-state index is 12.4. The summed E-state index contributed by atoms with van der Waals surface area (Å²) < 4.78 is 0. The van der Waals surface area contributed by atoms with Crippen molar-refractivity contribution >= 4 is 17.7 Å². The third-order valence-corrected chi connectivity index (χ3v) is 5.35. The minimum Gasteiger partial charge on any atom is -0.341 e. The lowest BCUT2D eigenvalue weighted by molar-refractivity contribution is -0.127. The second-order valence-corrected chi connectivity index (χ2v) is 7.42. The number of hydrogen-bond donors (Lipinski definition) is 1. The minimum absolute atomic E-state index is 0.0573. The van der Waals surface area contributed by atoms with Gasteiger partial charge in [-0.2, -0.15) is 0 Å². The number of hydrogen-bond acceptors (Lipinski definition) is 4. The summed E-state index contributed by atoms with van der Waals surface area (Å²) in [6.07, 6.45) is 1.01. The van der Waals surface area contributed by atoms with E-state index in [0.717, 1.165) is 23.4 Å². The van der Waals surface area contributed by atoms with Gasteiger partial charge in [-0.1, -0.05) is 67.2 Å². The second-order valence-electron chi connectivity index (χ2n) is 6.48. The van der Waals surface area contributed by atoms with E-state index < -0.39 is 0 Å². The van der Waals surface area contributed by atoms with Crippen molar-refractivity contribution in [3.05, 3.63) is 65.2 Å². The normalized spacial score (nSPS) is 10.8. The zero-order chi connectivity index (χ0) is 19.2. The quantitative estimate of drug-likeness (QED) is 0.627. The average molecular weight is 381 g/mol. The molecule has 1 aromatic heterocycles. The smallest absolute Gasteiger partial charge is 0.233 e. The van der Waals surface area contributed by atoms with Crippen LogP contribution in [0.25, 0.3) is 11.4 Å². The summed E-state index contributed by atoms with van der Waals surface area (Å²) in [5.41, 5.74) is 4.64. The summed E-state index contributed by atoms with van der Waals surface area (Å²) in [4.78, 5) is 18.7. The minimum atomic E-state index is 0.0573. The molecule has 27 heavy (non-hydrogen) atoms. The summed E-state index contributed by atoms with van der Waals surface area (Å²) in [5.74, 6) is 1.09. The molecule has 0 saturated carbocycles. The predicted octanol–water partition coefficient (Wildman–Crippen LogP) is 4.09. The molecule has 0 spiro atoms. The van der Waals surface area contributed by atoms with Gasteiger partial charge in [0.1, 0.15) is 0 Å². The van der Waals surface area contributed by atoms with Crippen LogP contribution in [-0.2, 0) is 17.8 Å². The van der Waals surface area contributed by atoms with Crippen LogP contribution in [0.3, 0.4) is 0 Å². The van der Waals surface area contributed by atoms with Crippen LogP contribution in [0, 0.1) is 6.92 Å². The van der Waals surface area contributed by atoms with Gasteiger partial charge in [0.2, 0.25) is 11.1 Å². The number of thioether (sulfide) groups is 1. The van der Waals surface area contributed by atoms with Crippen molar-refractivity contribution in [2.75, 3.05) is 12.8 Å². The molecule has 1 heterocycles. The molecule has 0 aliphatic carbocycles. The zero-order valence-electron chi connectivity index (χ0n) is 15.9. The van der Waals surface area contributed by atoms with Gasteiger partial charge in [0.25, 0.3) is 0 Å². The lowest BCUT2D eigenvalue weighted by Gasteiger charge is -2.18. The Labute approximate surface area is 164 Å². The van der Waals surface area contributed by atoms with Crippen LogP contribution < -0.4 is 0 Å². The number of carbonyl (C=O) groups is 1. The molecule has 3 rings (SSSR count). The first-order valence-electron chi connectivity index (χ1n) is 8.99. The van der Waals surface area contributed by atoms with E-state index >= 15 is 0 Å². The number of nitrogens with one attached hydrogen (secondary N) is 1. The number of benzene rings is 2. The topological polar surface area (TPSA) is 61.9 Å². The molecule has 6 heteroatoms. The molecule has 0 radical (unpaired) electrons. The molecule has 2 aromatic carbocycles. The van der Waals surface area contributed by atoms with Gasteiger partial charge in [-0.05, 0) is 30.0 Å². The van der Waals surface area contributed by atoms with E-state index in [1.165, 1.54) is 22.9 Å². The molecule has 0 bridgehead atoms. The number of aromatic amines is 1. The lowest BCUT2D eigenvalue weighted by Crippen LogP contribution is -2.28. The van der Waals surface area contributed by atoms with Gasteiger partial charge in [-0.15, -0.1) is 5.10 Å². The third kappa shape index (κ3) is 4.98. The van der Waals surface area contributed by atoms with Gasteiger partial charge in [0, 0.05) is 19.2 Å². The number of H-pyrrole nitrogens is 1. The highest BCUT2D eigenvalue weighted by Crippen LogP contribution is 2.20. The Morgan fingerprint density at radius 2 is 1.89 bits per heavy atom. The average Bonchev–Trinajstić information content (AvgIpc) is 3.17. The second kappa shape index (κ2) is 8.86. The Hall–Kier alpha value is -2.60. The maximum absolute atomic E-state index is 12.4. The van der Waals surface area contributed by atoms with Crippen LogP contribution >= 0.6 is 11.8 Å². The van der Waals surface area contributed by atoms with E-state index in [9.17, 15) is 4.79 Å². The molecule has 0 aliphatic heterocycles. The van der Waals surface area contributed by atoms with Crippen molar-refractivity contribution < 1.29 is 4.79 Å². The molecule has 1 N–H and O–H groups in total. The fraction of sp³-hybridized carbons (Fsp3) is 0.286. The number of rotatable bonds is 7. The fourth-order valence-electron chi connectivity index (χ4n) is 2.71. The summed E-state index contributed by atoms with van der Waals surface area (Å²) in [5, 5.41) is 7.76. The Balaban J connectivity index is 1.56. The van der Waals surface area contributed by atoms with Crippen molar-refractivity contribution in [3.63, 3.8) is 0 Å². The standard InChI is InChI=1S/C21H24N4OS/c1-4-16-9-11-17(12-10-16)20-22-21(24-23-20)27-14-19(26)25(3)13-18-8-6-5-7-15(18)2/h5-12H,4,13-14H2,1-3H3,(H,22,23,24). The first-order chi connectivity index (χ1) is 13.1. The molecule has 0 atom stereocenters. The zero-order valence-corrected chi connectivity index (χ0v) is 16.7. The summed E-state index contributed by atoms with van der Waals surface area (Å²) >= 11 is 1.35. The Kier molecular flexibility index (Phi) is 6.29. The summed E-state index contributed by atoms with van der Waals surface area (Å²) in [7, 11) is 1.83. The van der Waals surface area contributed by atoms with Crippen LogP contribution in [0.5, 0.6) is 0 Å². The van der Waals surface area contributed by atoms with E-state index in [1.807, 2.05) is 31.3 Å². The molecule has 0 unspecified atom stereocenters. The Bertz CT molecular complexity index is 905. The van der Waals surface area contributed by atoms with E-state index in [1.54, 1.807) is 4.90 Å². The largest absolute Gasteiger partial charge is 0.341 e. The molecular formula is C21H24N4OS. The van der Waals surface area contributed by atoms with Gasteiger partial charge in [-0.3, -0.25) is 9.89 Å². The van der Waals surface area contributed by atoms with Crippen molar-refractivity contribution in [2.45, 2.75) is 32.0 Å². The van der Waals surface area contributed by atoms with Crippen molar-refractivity contribution in [1.82, 2.24) is 20.1 Å². The number of amides is 1. The molecular weight excluding hydrogens is 356 g/mol. The van der Waals surface area contributed by atoms with Crippen LogP contribution in [-0.4, -0.2) is 38.8 Å². The van der Waals surface area contributed by atoms with Gasteiger partial charge in [0.05, 0.1) is 5.75 Å². The fourth-order valence-corrected chi connectivity index (χ4v) is 3.45. The molecule has 0 saturated heterocycles. The van der Waals surface area contributed by atoms with Crippen LogP contribution in [0.2, 0.25) is 0 Å². The van der Waals surface area contributed by atoms with Crippen molar-refractivity contribution in [1.29, 1.82) is 0 Å². The first kappa shape index (κ1) is 19.2. The molecule has 0 fully saturated rings. The van der Waals surface area contributed by atoms with Gasteiger partial charge in [0.15, 0.2) is 5.82 Å². The lowest BCUT2D eigenvalue weighted by atomic mass is 10.1. The van der Waals surface area contributed by atoms with E-state index in [4.69, 9.17) is 0 Å². The Morgan fingerprint density at radius 3 is 2.59 bits per heavy atom. The summed E-state index contributed by atoms with van der Waals surface area (Å²) in [6, 6.07) is 16.4. The number of aromatic nitrogens is 3. The van der Waals surface area contributed by atoms with Gasteiger partial charge >= 0.3 is 0 Å².